The zero-order valence-corrected chi connectivity index (χ0v) is 15.8. The van der Waals surface area contributed by atoms with E-state index in [0.29, 0.717) is 24.3 Å². The molecule has 2 heterocycles. The number of nitrogens with one attached hydrogen (secondary N) is 2. The number of carbonyl (C=O) groups is 1. The van der Waals surface area contributed by atoms with Gasteiger partial charge < -0.3 is 10.6 Å². The molecule has 0 spiro atoms. The minimum atomic E-state index is 0. The van der Waals surface area contributed by atoms with Crippen LogP contribution in [0.5, 0.6) is 0 Å². The van der Waals surface area contributed by atoms with Gasteiger partial charge in [0.25, 0.3) is 0 Å². The Kier molecular flexibility index (Phi) is 7.55. The molecule has 1 aromatic heterocycles. The Hall–Kier alpha value is -1.07. The summed E-state index contributed by atoms with van der Waals surface area (Å²) >= 11 is 0. The molecule has 0 aliphatic carbocycles. The van der Waals surface area contributed by atoms with E-state index >= 15 is 0 Å². The maximum Gasteiger partial charge on any atom is 0.224 e. The van der Waals surface area contributed by atoms with Crippen molar-refractivity contribution in [2.45, 2.75) is 60.0 Å². The summed E-state index contributed by atoms with van der Waals surface area (Å²) < 4.78 is 2.04. The quantitative estimate of drug-likeness (QED) is 0.862. The number of halogens is 1. The molecule has 1 aliphatic rings. The van der Waals surface area contributed by atoms with E-state index in [1.807, 2.05) is 11.6 Å². The first-order valence-corrected chi connectivity index (χ1v) is 8.41. The monoisotopic (exact) mass is 342 g/mol. The number of carbonyl (C=O) groups excluding carboxylic acids is 1. The van der Waals surface area contributed by atoms with E-state index in [4.69, 9.17) is 0 Å². The molecule has 2 N–H and O–H groups in total. The lowest BCUT2D eigenvalue weighted by Gasteiger charge is -2.30. The Balaban J connectivity index is 0.00000264. The highest BCUT2D eigenvalue weighted by molar-refractivity contribution is 5.85. The molecule has 2 unspecified atom stereocenters. The van der Waals surface area contributed by atoms with Gasteiger partial charge in [-0.2, -0.15) is 5.10 Å². The number of nitrogens with zero attached hydrogens (tertiary/aromatic N) is 2. The van der Waals surface area contributed by atoms with Crippen molar-refractivity contribution in [1.29, 1.82) is 0 Å². The normalized spacial score (nSPS) is 21.1. The van der Waals surface area contributed by atoms with Crippen LogP contribution in [0.15, 0.2) is 0 Å². The fourth-order valence-corrected chi connectivity index (χ4v) is 3.16. The van der Waals surface area contributed by atoms with Crippen LogP contribution in [0.2, 0.25) is 0 Å². The van der Waals surface area contributed by atoms with Gasteiger partial charge in [-0.3, -0.25) is 9.48 Å². The number of aromatic nitrogens is 2. The predicted octanol–water partition coefficient (Wildman–Crippen LogP) is 2.23. The van der Waals surface area contributed by atoms with Crippen molar-refractivity contribution in [3.05, 3.63) is 17.0 Å². The van der Waals surface area contributed by atoms with Gasteiger partial charge in [0.15, 0.2) is 0 Å². The van der Waals surface area contributed by atoms with Crippen LogP contribution in [0.4, 0.5) is 0 Å². The third-order valence-corrected chi connectivity index (χ3v) is 4.54. The average molecular weight is 343 g/mol. The Labute approximate surface area is 146 Å². The third kappa shape index (κ3) is 5.21. The van der Waals surface area contributed by atoms with Crippen molar-refractivity contribution >= 4 is 18.3 Å². The molecule has 0 saturated carbocycles. The van der Waals surface area contributed by atoms with E-state index < -0.39 is 0 Å². The number of hydrogen-bond donors (Lipinski definition) is 2. The molecular formula is C17H31ClN4O. The van der Waals surface area contributed by atoms with E-state index in [-0.39, 0.29) is 18.3 Å². The smallest absolute Gasteiger partial charge is 0.224 e. The molecule has 0 bridgehead atoms. The zero-order chi connectivity index (χ0) is 16.3. The molecule has 23 heavy (non-hydrogen) atoms. The minimum absolute atomic E-state index is 0. The lowest BCUT2D eigenvalue weighted by Crippen LogP contribution is -2.48. The van der Waals surface area contributed by atoms with Gasteiger partial charge in [0, 0.05) is 23.8 Å². The Morgan fingerprint density at radius 3 is 2.74 bits per heavy atom. The van der Waals surface area contributed by atoms with Crippen LogP contribution < -0.4 is 10.6 Å². The molecule has 0 aromatic carbocycles. The summed E-state index contributed by atoms with van der Waals surface area (Å²) in [6.07, 6.45) is 1.45. The first-order valence-electron chi connectivity index (χ1n) is 8.41. The summed E-state index contributed by atoms with van der Waals surface area (Å²) in [6, 6.07) is 0.292. The van der Waals surface area contributed by atoms with Gasteiger partial charge in [-0.25, -0.2) is 0 Å². The SMILES string of the molecule is Cc1nn(CC(C)C)c(C)c1CC(=O)NC1CCNCC1C.Cl. The molecule has 1 aromatic rings. The molecule has 5 nitrogen and oxygen atoms in total. The van der Waals surface area contributed by atoms with Crippen LogP contribution >= 0.6 is 12.4 Å². The van der Waals surface area contributed by atoms with Crippen molar-refractivity contribution in [3.8, 4) is 0 Å². The molecule has 1 fully saturated rings. The van der Waals surface area contributed by atoms with Crippen LogP contribution in [0.25, 0.3) is 0 Å². The average Bonchev–Trinajstić information content (AvgIpc) is 2.68. The molecule has 132 valence electrons. The zero-order valence-electron chi connectivity index (χ0n) is 15.0. The standard InChI is InChI=1S/C17H30N4O.ClH/c1-11(2)10-21-14(5)15(13(4)20-21)8-17(22)19-16-6-7-18-9-12(16)3;/h11-12,16,18H,6-10H2,1-5H3,(H,19,22);1H. The molecule has 1 amide bonds. The lowest BCUT2D eigenvalue weighted by atomic mass is 9.95. The van der Waals surface area contributed by atoms with Crippen LogP contribution in [0.1, 0.15) is 44.1 Å². The van der Waals surface area contributed by atoms with Crippen LogP contribution in [0.3, 0.4) is 0 Å². The first kappa shape index (κ1) is 20.0. The van der Waals surface area contributed by atoms with Gasteiger partial charge >= 0.3 is 0 Å². The summed E-state index contributed by atoms with van der Waals surface area (Å²) in [7, 11) is 0. The van der Waals surface area contributed by atoms with E-state index in [2.05, 4.69) is 43.4 Å². The van der Waals surface area contributed by atoms with Crippen molar-refractivity contribution in [2.75, 3.05) is 13.1 Å². The second-order valence-electron chi connectivity index (χ2n) is 7.05. The molecule has 2 rings (SSSR count). The van der Waals surface area contributed by atoms with E-state index in [1.165, 1.54) is 0 Å². The summed E-state index contributed by atoms with van der Waals surface area (Å²) in [5.74, 6) is 1.16. The van der Waals surface area contributed by atoms with Gasteiger partial charge in [-0.15, -0.1) is 12.4 Å². The summed E-state index contributed by atoms with van der Waals surface area (Å²) in [5, 5.41) is 11.2. The van der Waals surface area contributed by atoms with E-state index in [9.17, 15) is 4.79 Å². The number of rotatable bonds is 5. The van der Waals surface area contributed by atoms with E-state index in [0.717, 1.165) is 43.0 Å². The summed E-state index contributed by atoms with van der Waals surface area (Å²) in [6.45, 7) is 13.5. The lowest BCUT2D eigenvalue weighted by molar-refractivity contribution is -0.121. The fourth-order valence-electron chi connectivity index (χ4n) is 3.16. The molecular weight excluding hydrogens is 312 g/mol. The molecule has 1 aliphatic heterocycles. The Morgan fingerprint density at radius 1 is 1.43 bits per heavy atom. The molecule has 6 heteroatoms. The molecule has 2 atom stereocenters. The number of aryl methyl sites for hydroxylation is 1. The van der Waals surface area contributed by atoms with E-state index in [1.54, 1.807) is 0 Å². The molecule has 0 radical (unpaired) electrons. The van der Waals surface area contributed by atoms with Crippen molar-refractivity contribution in [3.63, 3.8) is 0 Å². The number of hydrogen-bond acceptors (Lipinski definition) is 3. The number of piperidine rings is 1. The predicted molar refractivity (Wildman–Crippen MR) is 96.1 cm³/mol. The van der Waals surface area contributed by atoms with Gasteiger partial charge in [-0.05, 0) is 45.2 Å². The summed E-state index contributed by atoms with van der Waals surface area (Å²) in [5.41, 5.74) is 3.19. The Bertz CT molecular complexity index is 527. The van der Waals surface area contributed by atoms with Gasteiger partial charge in [0.1, 0.15) is 0 Å². The van der Waals surface area contributed by atoms with Crippen LogP contribution in [-0.2, 0) is 17.8 Å². The van der Waals surface area contributed by atoms with Crippen LogP contribution in [0, 0.1) is 25.7 Å². The van der Waals surface area contributed by atoms with Crippen molar-refractivity contribution in [1.82, 2.24) is 20.4 Å². The minimum Gasteiger partial charge on any atom is -0.353 e. The largest absolute Gasteiger partial charge is 0.353 e. The van der Waals surface area contributed by atoms with Crippen molar-refractivity contribution in [2.24, 2.45) is 11.8 Å². The number of amides is 1. The maximum atomic E-state index is 12.4. The Morgan fingerprint density at radius 2 is 2.13 bits per heavy atom. The third-order valence-electron chi connectivity index (χ3n) is 4.54. The highest BCUT2D eigenvalue weighted by Gasteiger charge is 2.23. The first-order chi connectivity index (χ1) is 10.4. The highest BCUT2D eigenvalue weighted by atomic mass is 35.5. The fraction of sp³-hybridized carbons (Fsp3) is 0.765. The molecule has 1 saturated heterocycles. The van der Waals surface area contributed by atoms with Gasteiger partial charge in [0.2, 0.25) is 5.91 Å². The maximum absolute atomic E-state index is 12.4. The summed E-state index contributed by atoms with van der Waals surface area (Å²) in [4.78, 5) is 12.4. The van der Waals surface area contributed by atoms with Gasteiger partial charge in [-0.1, -0.05) is 20.8 Å². The highest BCUT2D eigenvalue weighted by Crippen LogP contribution is 2.16. The second-order valence-corrected chi connectivity index (χ2v) is 7.05. The van der Waals surface area contributed by atoms with Crippen molar-refractivity contribution < 1.29 is 4.79 Å². The van der Waals surface area contributed by atoms with Crippen LogP contribution in [-0.4, -0.2) is 34.8 Å². The topological polar surface area (TPSA) is 59.0 Å². The van der Waals surface area contributed by atoms with Gasteiger partial charge in [0.05, 0.1) is 12.1 Å². The second kappa shape index (κ2) is 8.69.